The van der Waals surface area contributed by atoms with Gasteiger partial charge < -0.3 is 14.2 Å². The van der Waals surface area contributed by atoms with Crippen LogP contribution < -0.4 is 0 Å². The quantitative estimate of drug-likeness (QED) is 0.224. The summed E-state index contributed by atoms with van der Waals surface area (Å²) in [6.07, 6.45) is 4.15. The number of fused-ring (bicyclic) bond motifs is 3. The third-order valence-electron chi connectivity index (χ3n) is 5.98. The molecule has 0 spiro atoms. The van der Waals surface area contributed by atoms with Gasteiger partial charge in [-0.15, -0.1) is 0 Å². The summed E-state index contributed by atoms with van der Waals surface area (Å²) in [5, 5.41) is 0. The topological polar surface area (TPSA) is 27.7 Å². The zero-order valence-electron chi connectivity index (χ0n) is 17.3. The minimum Gasteiger partial charge on any atom is -0.323 e. The van der Waals surface area contributed by atoms with Crippen LogP contribution in [0.3, 0.4) is 0 Å². The Morgan fingerprint density at radius 3 is 2.00 bits per heavy atom. The molecule has 2 aromatic rings. The van der Waals surface area contributed by atoms with E-state index in [9.17, 15) is 22.0 Å². The lowest BCUT2D eigenvalue weighted by Gasteiger charge is -2.52. The molecular weight excluding hydrogens is 499 g/mol. The smallest absolute Gasteiger partial charge is 0.323 e. The molecule has 3 aliphatic rings. The Morgan fingerprint density at radius 2 is 1.50 bits per heavy atom. The fourth-order valence-electron chi connectivity index (χ4n) is 4.15. The van der Waals surface area contributed by atoms with Crippen molar-refractivity contribution in [3.05, 3.63) is 58.9 Å². The molecule has 0 atom stereocenters. The zero-order valence-corrected chi connectivity index (χ0v) is 18.9. The molecule has 3 saturated heterocycles. The van der Waals surface area contributed by atoms with Gasteiger partial charge in [0, 0.05) is 16.5 Å². The molecule has 2 bridgehead atoms. The summed E-state index contributed by atoms with van der Waals surface area (Å²) >= 11 is 1.95. The molecule has 9 heteroatoms. The van der Waals surface area contributed by atoms with Crippen molar-refractivity contribution >= 4 is 15.9 Å². The average Bonchev–Trinajstić information content (AvgIpc) is 2.73. The van der Waals surface area contributed by atoms with Gasteiger partial charge in [-0.05, 0) is 46.1 Å². The van der Waals surface area contributed by atoms with Crippen LogP contribution in [0.15, 0.2) is 30.3 Å². The van der Waals surface area contributed by atoms with Crippen LogP contribution in [0.5, 0.6) is 0 Å². The molecular formula is C23H22BrF5O3. The predicted octanol–water partition coefficient (Wildman–Crippen LogP) is 6.97. The summed E-state index contributed by atoms with van der Waals surface area (Å²) in [6.45, 7) is 3.37. The molecule has 3 fully saturated rings. The van der Waals surface area contributed by atoms with Crippen molar-refractivity contribution in [2.24, 2.45) is 5.41 Å². The van der Waals surface area contributed by atoms with Gasteiger partial charge in [-0.25, -0.2) is 13.2 Å². The highest BCUT2D eigenvalue weighted by Gasteiger charge is 2.53. The van der Waals surface area contributed by atoms with E-state index in [2.05, 4.69) is 6.92 Å². The van der Waals surface area contributed by atoms with Gasteiger partial charge >= 0.3 is 10.8 Å². The van der Waals surface area contributed by atoms with Crippen molar-refractivity contribution in [3.8, 4) is 11.1 Å². The molecule has 0 saturated carbocycles. The highest BCUT2D eigenvalue weighted by molar-refractivity contribution is 9.09. The van der Waals surface area contributed by atoms with Crippen molar-refractivity contribution < 1.29 is 36.2 Å². The molecule has 5 rings (SSSR count). The number of halogens is 6. The second-order valence-corrected chi connectivity index (χ2v) is 9.38. The molecule has 32 heavy (non-hydrogen) atoms. The SMILES string of the molecule is CCCCCC12COC(c3ccc(-c4cc(F)c(C(F)(F)Br)c(F)c4)c(F)c3)(OC1)OC2. The molecule has 0 amide bonds. The van der Waals surface area contributed by atoms with Gasteiger partial charge in [0.15, 0.2) is 0 Å². The lowest BCUT2D eigenvalue weighted by Crippen LogP contribution is -2.58. The Labute approximate surface area is 191 Å². The first-order chi connectivity index (χ1) is 15.1. The Kier molecular flexibility index (Phi) is 6.39. The lowest BCUT2D eigenvalue weighted by atomic mass is 9.82. The molecule has 174 valence electrons. The fourth-order valence-corrected chi connectivity index (χ4v) is 4.53. The molecule has 3 heterocycles. The molecule has 0 radical (unpaired) electrons. The Hall–Kier alpha value is -1.55. The largest absolute Gasteiger partial charge is 0.332 e. The first-order valence-electron chi connectivity index (χ1n) is 10.4. The van der Waals surface area contributed by atoms with Gasteiger partial charge in [0.2, 0.25) is 0 Å². The van der Waals surface area contributed by atoms with Crippen LogP contribution in [-0.2, 0) is 25.0 Å². The van der Waals surface area contributed by atoms with Gasteiger partial charge in [0.25, 0.3) is 0 Å². The van der Waals surface area contributed by atoms with Gasteiger partial charge in [0.05, 0.1) is 19.8 Å². The summed E-state index contributed by atoms with van der Waals surface area (Å²) in [7, 11) is 0. The second-order valence-electron chi connectivity index (χ2n) is 8.39. The number of rotatable bonds is 7. The van der Waals surface area contributed by atoms with E-state index in [-0.39, 0.29) is 22.1 Å². The highest BCUT2D eigenvalue weighted by atomic mass is 79.9. The standard InChI is InChI=1S/C23H22BrF5O3/c1-2-3-4-7-21-11-30-23(31-12-21,32-13-21)15-5-6-16(17(25)10-15)14-8-18(26)20(19(27)9-14)22(24,28)29/h5-6,8-10H,2-4,7,11-13H2,1H3. The summed E-state index contributed by atoms with van der Waals surface area (Å²) in [5.74, 6) is -5.34. The van der Waals surface area contributed by atoms with E-state index in [1.54, 1.807) is 0 Å². The third kappa shape index (κ3) is 4.32. The van der Waals surface area contributed by atoms with Crippen LogP contribution in [-0.4, -0.2) is 19.8 Å². The zero-order chi connectivity index (χ0) is 23.1. The van der Waals surface area contributed by atoms with E-state index in [0.717, 1.165) is 31.7 Å². The fraction of sp³-hybridized carbons (Fsp3) is 0.478. The summed E-state index contributed by atoms with van der Waals surface area (Å²) in [6, 6.07) is 5.19. The van der Waals surface area contributed by atoms with E-state index >= 15 is 0 Å². The molecule has 3 aliphatic heterocycles. The number of unbranched alkanes of at least 4 members (excludes halogenated alkanes) is 2. The second kappa shape index (κ2) is 8.66. The predicted molar refractivity (Wildman–Crippen MR) is 111 cm³/mol. The minimum absolute atomic E-state index is 0.159. The first kappa shape index (κ1) is 23.6. The summed E-state index contributed by atoms with van der Waals surface area (Å²) in [4.78, 5) is -3.89. The van der Waals surface area contributed by atoms with Gasteiger partial charge in [-0.2, -0.15) is 8.78 Å². The molecule has 0 N–H and O–H groups in total. The van der Waals surface area contributed by atoms with E-state index in [1.807, 2.05) is 15.9 Å². The van der Waals surface area contributed by atoms with Crippen LogP contribution in [0.25, 0.3) is 11.1 Å². The van der Waals surface area contributed by atoms with Crippen LogP contribution in [0.1, 0.15) is 43.7 Å². The number of hydrogen-bond acceptors (Lipinski definition) is 3. The molecule has 0 aliphatic carbocycles. The molecule has 2 aromatic carbocycles. The van der Waals surface area contributed by atoms with E-state index < -0.39 is 33.8 Å². The minimum atomic E-state index is -3.89. The monoisotopic (exact) mass is 520 g/mol. The maximum atomic E-state index is 14.9. The van der Waals surface area contributed by atoms with Crippen molar-refractivity contribution in [3.63, 3.8) is 0 Å². The van der Waals surface area contributed by atoms with Crippen molar-refractivity contribution in [1.82, 2.24) is 0 Å². The average molecular weight is 521 g/mol. The summed E-state index contributed by atoms with van der Waals surface area (Å²) in [5.41, 5.74) is -1.76. The third-order valence-corrected chi connectivity index (χ3v) is 6.37. The van der Waals surface area contributed by atoms with E-state index in [1.165, 1.54) is 12.1 Å². The van der Waals surface area contributed by atoms with Crippen LogP contribution in [0, 0.1) is 22.9 Å². The number of hydrogen-bond donors (Lipinski definition) is 0. The highest BCUT2D eigenvalue weighted by Crippen LogP contribution is 2.47. The van der Waals surface area contributed by atoms with Crippen molar-refractivity contribution in [1.29, 1.82) is 0 Å². The maximum absolute atomic E-state index is 14.9. The first-order valence-corrected chi connectivity index (χ1v) is 11.2. The lowest BCUT2D eigenvalue weighted by molar-refractivity contribution is -0.480. The van der Waals surface area contributed by atoms with Crippen LogP contribution in [0.2, 0.25) is 0 Å². The molecule has 0 aromatic heterocycles. The Bertz CT molecular complexity index is 960. The van der Waals surface area contributed by atoms with Crippen molar-refractivity contribution in [2.75, 3.05) is 19.8 Å². The van der Waals surface area contributed by atoms with Gasteiger partial charge in [-0.1, -0.05) is 38.3 Å². The van der Waals surface area contributed by atoms with Crippen LogP contribution >= 0.6 is 15.9 Å². The number of ether oxygens (including phenoxy) is 3. The maximum Gasteiger partial charge on any atom is 0.332 e. The summed E-state index contributed by atoms with van der Waals surface area (Å²) < 4.78 is 87.5. The number of alkyl halides is 3. The normalized spacial score (nSPS) is 25.3. The van der Waals surface area contributed by atoms with E-state index in [0.29, 0.717) is 32.0 Å². The number of benzene rings is 2. The van der Waals surface area contributed by atoms with Crippen LogP contribution in [0.4, 0.5) is 22.0 Å². The van der Waals surface area contributed by atoms with Gasteiger partial charge in [0.1, 0.15) is 23.0 Å². The Morgan fingerprint density at radius 1 is 0.906 bits per heavy atom. The van der Waals surface area contributed by atoms with E-state index in [4.69, 9.17) is 14.2 Å². The molecule has 3 nitrogen and oxygen atoms in total. The Balaban J connectivity index is 1.57. The van der Waals surface area contributed by atoms with Gasteiger partial charge in [-0.3, -0.25) is 0 Å². The molecule has 0 unspecified atom stereocenters. The van der Waals surface area contributed by atoms with Crippen molar-refractivity contribution in [2.45, 2.75) is 43.4 Å².